The van der Waals surface area contributed by atoms with Crippen LogP contribution in [0.3, 0.4) is 0 Å². The lowest BCUT2D eigenvalue weighted by molar-refractivity contribution is 0.0949. The van der Waals surface area contributed by atoms with Gasteiger partial charge in [0.25, 0.3) is 5.91 Å². The highest BCUT2D eigenvalue weighted by molar-refractivity contribution is 6.32. The van der Waals surface area contributed by atoms with Crippen LogP contribution in [0.25, 0.3) is 0 Å². The first-order chi connectivity index (χ1) is 9.56. The van der Waals surface area contributed by atoms with Crippen molar-refractivity contribution < 1.29 is 9.18 Å². The maximum absolute atomic E-state index is 13.1. The second-order valence-electron chi connectivity index (χ2n) is 5.66. The second kappa shape index (κ2) is 7.02. The minimum absolute atomic E-state index is 0.0374. The summed E-state index contributed by atoms with van der Waals surface area (Å²) in [6, 6.07) is 1.12. The first-order valence-corrected chi connectivity index (χ1v) is 7.53. The predicted octanol–water partition coefficient (Wildman–Crippen LogP) is 3.82. The molecule has 1 N–H and O–H groups in total. The summed E-state index contributed by atoms with van der Waals surface area (Å²) in [5.41, 5.74) is 0.101. The fraction of sp³-hybridized carbons (Fsp3) is 0.600. The molecule has 110 valence electrons. The Balaban J connectivity index is 1.79. The van der Waals surface area contributed by atoms with Gasteiger partial charge in [-0.25, -0.2) is 9.37 Å². The Kier molecular flexibility index (Phi) is 5.35. The third-order valence-electron chi connectivity index (χ3n) is 4.02. The summed E-state index contributed by atoms with van der Waals surface area (Å²) in [6.07, 6.45) is 7.00. The van der Waals surface area contributed by atoms with Gasteiger partial charge in [0, 0.05) is 6.54 Å². The van der Waals surface area contributed by atoms with Crippen molar-refractivity contribution in [3.05, 3.63) is 28.8 Å². The van der Waals surface area contributed by atoms with Crippen LogP contribution in [-0.4, -0.2) is 17.4 Å². The molecule has 1 aromatic rings. The number of carbonyl (C=O) groups is 1. The molecule has 0 atom stereocenters. The zero-order chi connectivity index (χ0) is 14.5. The van der Waals surface area contributed by atoms with Crippen LogP contribution in [0.2, 0.25) is 5.15 Å². The molecule has 0 radical (unpaired) electrons. The van der Waals surface area contributed by atoms with Crippen LogP contribution in [-0.2, 0) is 0 Å². The van der Waals surface area contributed by atoms with Crippen LogP contribution in [0.4, 0.5) is 4.39 Å². The second-order valence-corrected chi connectivity index (χ2v) is 6.02. The molecule has 1 aliphatic carbocycles. The molecule has 0 aliphatic heterocycles. The maximum Gasteiger partial charge on any atom is 0.254 e. The third kappa shape index (κ3) is 4.17. The van der Waals surface area contributed by atoms with E-state index in [0.29, 0.717) is 12.5 Å². The standard InChI is InChI=1S/C15H20ClFN2O/c1-10-2-4-11(5-3-10)6-7-18-15(20)13-8-12(17)9-19-14(13)16/h8-11H,2-7H2,1H3,(H,18,20). The van der Waals surface area contributed by atoms with Crippen molar-refractivity contribution in [3.63, 3.8) is 0 Å². The van der Waals surface area contributed by atoms with Crippen molar-refractivity contribution in [1.82, 2.24) is 10.3 Å². The third-order valence-corrected chi connectivity index (χ3v) is 4.33. The highest BCUT2D eigenvalue weighted by Gasteiger charge is 2.18. The molecule has 3 nitrogen and oxygen atoms in total. The normalized spacial score (nSPS) is 22.6. The number of nitrogens with one attached hydrogen (secondary N) is 1. The zero-order valence-corrected chi connectivity index (χ0v) is 12.4. The lowest BCUT2D eigenvalue weighted by Gasteiger charge is -2.26. The van der Waals surface area contributed by atoms with Crippen molar-refractivity contribution in [3.8, 4) is 0 Å². The van der Waals surface area contributed by atoms with Crippen molar-refractivity contribution in [2.75, 3.05) is 6.54 Å². The Morgan fingerprint density at radius 2 is 2.15 bits per heavy atom. The SMILES string of the molecule is CC1CCC(CCNC(=O)c2cc(F)cnc2Cl)CC1. The molecule has 1 aliphatic rings. The first-order valence-electron chi connectivity index (χ1n) is 7.15. The quantitative estimate of drug-likeness (QED) is 0.859. The Morgan fingerprint density at radius 3 is 2.85 bits per heavy atom. The highest BCUT2D eigenvalue weighted by Crippen LogP contribution is 2.29. The summed E-state index contributed by atoms with van der Waals surface area (Å²) in [5, 5.41) is 2.83. The van der Waals surface area contributed by atoms with E-state index in [0.717, 1.165) is 24.6 Å². The van der Waals surface area contributed by atoms with Crippen LogP contribution in [0, 0.1) is 17.7 Å². The monoisotopic (exact) mass is 298 g/mol. The van der Waals surface area contributed by atoms with Crippen LogP contribution in [0.1, 0.15) is 49.4 Å². The fourth-order valence-electron chi connectivity index (χ4n) is 2.68. The zero-order valence-electron chi connectivity index (χ0n) is 11.7. The summed E-state index contributed by atoms with van der Waals surface area (Å²) >= 11 is 5.80. The van der Waals surface area contributed by atoms with E-state index < -0.39 is 5.82 Å². The Morgan fingerprint density at radius 1 is 1.45 bits per heavy atom. The first kappa shape index (κ1) is 15.2. The van der Waals surface area contributed by atoms with E-state index in [1.54, 1.807) is 0 Å². The molecule has 0 spiro atoms. The summed E-state index contributed by atoms with van der Waals surface area (Å²) in [6.45, 7) is 2.89. The van der Waals surface area contributed by atoms with Gasteiger partial charge in [-0.05, 0) is 24.3 Å². The number of carbonyl (C=O) groups excluding carboxylic acids is 1. The van der Waals surface area contributed by atoms with Gasteiger partial charge in [-0.15, -0.1) is 0 Å². The van der Waals surface area contributed by atoms with Crippen LogP contribution < -0.4 is 5.32 Å². The molecule has 1 amide bonds. The molecule has 1 fully saturated rings. The minimum atomic E-state index is -0.555. The number of hydrogen-bond donors (Lipinski definition) is 1. The van der Waals surface area contributed by atoms with E-state index in [-0.39, 0.29) is 16.6 Å². The average molecular weight is 299 g/mol. The number of nitrogens with zero attached hydrogens (tertiary/aromatic N) is 1. The molecular weight excluding hydrogens is 279 g/mol. The summed E-state index contributed by atoms with van der Waals surface area (Å²) in [7, 11) is 0. The predicted molar refractivity (Wildman–Crippen MR) is 77.3 cm³/mol. The topological polar surface area (TPSA) is 42.0 Å². The summed E-state index contributed by atoms with van der Waals surface area (Å²) < 4.78 is 13.1. The number of halogens is 2. The molecule has 2 rings (SSSR count). The number of pyridine rings is 1. The van der Waals surface area contributed by atoms with E-state index in [1.807, 2.05) is 0 Å². The fourth-order valence-corrected chi connectivity index (χ4v) is 2.87. The smallest absolute Gasteiger partial charge is 0.254 e. The van der Waals surface area contributed by atoms with Gasteiger partial charge < -0.3 is 5.32 Å². The summed E-state index contributed by atoms with van der Waals surface area (Å²) in [4.78, 5) is 15.5. The Labute approximate surface area is 123 Å². The van der Waals surface area contributed by atoms with E-state index >= 15 is 0 Å². The van der Waals surface area contributed by atoms with E-state index in [9.17, 15) is 9.18 Å². The Hall–Kier alpha value is -1.16. The van der Waals surface area contributed by atoms with Gasteiger partial charge in [0.05, 0.1) is 11.8 Å². The van der Waals surface area contributed by atoms with Gasteiger partial charge in [0.1, 0.15) is 11.0 Å². The molecule has 0 saturated heterocycles. The number of rotatable bonds is 4. The van der Waals surface area contributed by atoms with Crippen molar-refractivity contribution in [2.45, 2.75) is 39.0 Å². The molecule has 1 heterocycles. The molecule has 20 heavy (non-hydrogen) atoms. The van der Waals surface area contributed by atoms with E-state index in [1.165, 1.54) is 25.7 Å². The molecule has 0 aromatic carbocycles. The Bertz CT molecular complexity index is 473. The molecule has 1 aromatic heterocycles. The van der Waals surface area contributed by atoms with Crippen molar-refractivity contribution in [2.24, 2.45) is 11.8 Å². The molecule has 5 heteroatoms. The maximum atomic E-state index is 13.1. The number of amides is 1. The van der Waals surface area contributed by atoms with Gasteiger partial charge in [-0.3, -0.25) is 4.79 Å². The van der Waals surface area contributed by atoms with Gasteiger partial charge in [-0.2, -0.15) is 0 Å². The van der Waals surface area contributed by atoms with Gasteiger partial charge in [-0.1, -0.05) is 44.2 Å². The van der Waals surface area contributed by atoms with Gasteiger partial charge in [0.2, 0.25) is 0 Å². The average Bonchev–Trinajstić information content (AvgIpc) is 2.43. The summed E-state index contributed by atoms with van der Waals surface area (Å²) in [5.74, 6) is 0.609. The molecular formula is C15H20ClFN2O. The van der Waals surface area contributed by atoms with Crippen LogP contribution in [0.5, 0.6) is 0 Å². The lowest BCUT2D eigenvalue weighted by atomic mass is 9.81. The van der Waals surface area contributed by atoms with Gasteiger partial charge in [0.15, 0.2) is 0 Å². The van der Waals surface area contributed by atoms with Crippen LogP contribution >= 0.6 is 11.6 Å². The van der Waals surface area contributed by atoms with Crippen molar-refractivity contribution >= 4 is 17.5 Å². The number of aromatic nitrogens is 1. The minimum Gasteiger partial charge on any atom is -0.352 e. The van der Waals surface area contributed by atoms with Crippen molar-refractivity contribution in [1.29, 1.82) is 0 Å². The van der Waals surface area contributed by atoms with Gasteiger partial charge >= 0.3 is 0 Å². The molecule has 0 bridgehead atoms. The number of hydrogen-bond acceptors (Lipinski definition) is 2. The highest BCUT2D eigenvalue weighted by atomic mass is 35.5. The van der Waals surface area contributed by atoms with Crippen LogP contribution in [0.15, 0.2) is 12.3 Å². The largest absolute Gasteiger partial charge is 0.352 e. The van der Waals surface area contributed by atoms with E-state index in [4.69, 9.17) is 11.6 Å². The lowest BCUT2D eigenvalue weighted by Crippen LogP contribution is -2.27. The molecule has 0 unspecified atom stereocenters. The van der Waals surface area contributed by atoms with E-state index in [2.05, 4.69) is 17.2 Å². The molecule has 1 saturated carbocycles.